The Hall–Kier alpha value is -3.74. The normalized spacial score (nSPS) is 13.7. The zero-order valence-electron chi connectivity index (χ0n) is 18.0. The molecular weight excluding hydrogens is 406 g/mol. The van der Waals surface area contributed by atoms with Gasteiger partial charge in [-0.25, -0.2) is 0 Å². The standard InChI is InChI=1S/C25H27N3O4/c1-31-22-12-11-20(15-23(22)32-21-9-2-3-10-21)28(16-18-7-5-13-27-25(18)30)19-8-4-6-17(14-19)24(26)29/h4-8,11-15,21H,2-3,9-10,16H2,1H3,(H2,26,29)(H,27,30). The van der Waals surface area contributed by atoms with E-state index in [4.69, 9.17) is 15.2 Å². The van der Waals surface area contributed by atoms with Crippen LogP contribution in [0.3, 0.4) is 0 Å². The lowest BCUT2D eigenvalue weighted by Gasteiger charge is -2.27. The Labute approximate surface area is 186 Å². The van der Waals surface area contributed by atoms with Crippen LogP contribution in [0.2, 0.25) is 0 Å². The molecule has 0 radical (unpaired) electrons. The smallest absolute Gasteiger partial charge is 0.252 e. The summed E-state index contributed by atoms with van der Waals surface area (Å²) >= 11 is 0. The van der Waals surface area contributed by atoms with Crippen molar-refractivity contribution in [1.82, 2.24) is 4.98 Å². The highest BCUT2D eigenvalue weighted by molar-refractivity contribution is 5.94. The quantitative estimate of drug-likeness (QED) is 0.556. The van der Waals surface area contributed by atoms with Crippen LogP contribution in [0.25, 0.3) is 0 Å². The summed E-state index contributed by atoms with van der Waals surface area (Å²) in [5, 5.41) is 0. The van der Waals surface area contributed by atoms with Gasteiger partial charge in [0.05, 0.1) is 19.8 Å². The minimum Gasteiger partial charge on any atom is -0.493 e. The number of rotatable bonds is 8. The van der Waals surface area contributed by atoms with Crippen molar-refractivity contribution in [3.8, 4) is 11.5 Å². The van der Waals surface area contributed by atoms with Crippen molar-refractivity contribution in [2.75, 3.05) is 12.0 Å². The highest BCUT2D eigenvalue weighted by atomic mass is 16.5. The van der Waals surface area contributed by atoms with E-state index in [-0.39, 0.29) is 11.7 Å². The monoisotopic (exact) mass is 433 g/mol. The molecule has 7 heteroatoms. The number of carbonyl (C=O) groups excluding carboxylic acids is 1. The van der Waals surface area contributed by atoms with Crippen LogP contribution in [0.4, 0.5) is 11.4 Å². The Balaban J connectivity index is 1.77. The van der Waals surface area contributed by atoms with Crippen molar-refractivity contribution < 1.29 is 14.3 Å². The van der Waals surface area contributed by atoms with Crippen LogP contribution >= 0.6 is 0 Å². The van der Waals surface area contributed by atoms with Crippen molar-refractivity contribution in [1.29, 1.82) is 0 Å². The lowest BCUT2D eigenvalue weighted by Crippen LogP contribution is -2.23. The second-order valence-electron chi connectivity index (χ2n) is 7.88. The van der Waals surface area contributed by atoms with Crippen molar-refractivity contribution in [3.05, 3.63) is 82.3 Å². The number of primary amides is 1. The average Bonchev–Trinajstić information content (AvgIpc) is 3.32. The molecule has 3 N–H and O–H groups in total. The van der Waals surface area contributed by atoms with E-state index in [1.54, 1.807) is 43.6 Å². The third-order valence-electron chi connectivity index (χ3n) is 5.73. The molecule has 1 fully saturated rings. The number of nitrogens with zero attached hydrogens (tertiary/aromatic N) is 1. The molecule has 1 saturated carbocycles. The minimum atomic E-state index is -0.510. The van der Waals surface area contributed by atoms with Gasteiger partial charge in [0.25, 0.3) is 5.56 Å². The van der Waals surface area contributed by atoms with E-state index in [0.717, 1.165) is 37.1 Å². The first-order valence-electron chi connectivity index (χ1n) is 10.7. The number of aromatic amines is 1. The number of H-pyrrole nitrogens is 1. The lowest BCUT2D eigenvalue weighted by molar-refractivity contribution is 0.100. The number of hydrogen-bond acceptors (Lipinski definition) is 5. The first kappa shape index (κ1) is 21.5. The van der Waals surface area contributed by atoms with E-state index < -0.39 is 5.91 Å². The second kappa shape index (κ2) is 9.60. The highest BCUT2D eigenvalue weighted by Gasteiger charge is 2.21. The van der Waals surface area contributed by atoms with Crippen molar-refractivity contribution in [3.63, 3.8) is 0 Å². The fourth-order valence-electron chi connectivity index (χ4n) is 4.02. The summed E-state index contributed by atoms with van der Waals surface area (Å²) in [4.78, 5) is 28.8. The predicted molar refractivity (Wildman–Crippen MR) is 124 cm³/mol. The van der Waals surface area contributed by atoms with Gasteiger partial charge >= 0.3 is 0 Å². The molecule has 0 spiro atoms. The summed E-state index contributed by atoms with van der Waals surface area (Å²) in [6, 6.07) is 16.3. The summed E-state index contributed by atoms with van der Waals surface area (Å²) in [5.74, 6) is 0.809. The summed E-state index contributed by atoms with van der Waals surface area (Å²) in [6.45, 7) is 0.299. The van der Waals surface area contributed by atoms with Crippen LogP contribution in [-0.4, -0.2) is 24.1 Å². The van der Waals surface area contributed by atoms with Gasteiger partial charge in [-0.1, -0.05) is 12.1 Å². The van der Waals surface area contributed by atoms with E-state index in [9.17, 15) is 9.59 Å². The molecule has 0 unspecified atom stereocenters. The molecule has 0 saturated heterocycles. The van der Waals surface area contributed by atoms with Gasteiger partial charge in [-0.05, 0) is 62.1 Å². The fourth-order valence-corrected chi connectivity index (χ4v) is 4.02. The molecule has 1 aromatic heterocycles. The van der Waals surface area contributed by atoms with Gasteiger partial charge in [0.2, 0.25) is 5.91 Å². The SMILES string of the molecule is COc1ccc(N(Cc2ccc[nH]c2=O)c2cccc(C(N)=O)c2)cc1OC1CCCC1. The van der Waals surface area contributed by atoms with Gasteiger partial charge in [0, 0.05) is 34.8 Å². The number of nitrogens with one attached hydrogen (secondary N) is 1. The minimum absolute atomic E-state index is 0.167. The number of methoxy groups -OCH3 is 1. The van der Waals surface area contributed by atoms with Crippen molar-refractivity contribution >= 4 is 17.3 Å². The summed E-state index contributed by atoms with van der Waals surface area (Å²) in [7, 11) is 1.62. The molecule has 32 heavy (non-hydrogen) atoms. The Morgan fingerprint density at radius 1 is 1.06 bits per heavy atom. The van der Waals surface area contributed by atoms with Crippen molar-refractivity contribution in [2.24, 2.45) is 5.73 Å². The molecule has 3 aromatic rings. The van der Waals surface area contributed by atoms with Crippen LogP contribution in [-0.2, 0) is 6.54 Å². The maximum atomic E-state index is 12.4. The Kier molecular flexibility index (Phi) is 6.44. The molecule has 1 aliphatic carbocycles. The molecule has 1 aliphatic rings. The number of anilines is 2. The Morgan fingerprint density at radius 3 is 2.56 bits per heavy atom. The number of ether oxygens (including phenoxy) is 2. The fraction of sp³-hybridized carbons (Fsp3) is 0.280. The maximum absolute atomic E-state index is 12.4. The Bertz CT molecular complexity index is 1150. The van der Waals surface area contributed by atoms with Crippen molar-refractivity contribution in [2.45, 2.75) is 38.3 Å². The van der Waals surface area contributed by atoms with Gasteiger partial charge < -0.3 is 25.1 Å². The number of pyridine rings is 1. The third kappa shape index (κ3) is 4.77. The molecule has 0 aliphatic heterocycles. The van der Waals surface area contributed by atoms with Crippen LogP contribution in [0.15, 0.2) is 65.6 Å². The van der Waals surface area contributed by atoms with Gasteiger partial charge in [-0.15, -0.1) is 0 Å². The molecule has 1 heterocycles. The van der Waals surface area contributed by atoms with E-state index >= 15 is 0 Å². The van der Waals surface area contributed by atoms with E-state index in [1.807, 2.05) is 29.2 Å². The summed E-state index contributed by atoms with van der Waals surface area (Å²) in [6.07, 6.45) is 6.15. The van der Waals surface area contributed by atoms with Gasteiger partial charge in [0.15, 0.2) is 11.5 Å². The third-order valence-corrected chi connectivity index (χ3v) is 5.73. The van der Waals surface area contributed by atoms with Crippen LogP contribution < -0.4 is 25.7 Å². The second-order valence-corrected chi connectivity index (χ2v) is 7.88. The molecule has 2 aromatic carbocycles. The highest BCUT2D eigenvalue weighted by Crippen LogP contribution is 2.37. The molecule has 166 valence electrons. The van der Waals surface area contributed by atoms with Crippen LogP contribution in [0.1, 0.15) is 41.6 Å². The van der Waals surface area contributed by atoms with E-state index in [0.29, 0.717) is 29.2 Å². The maximum Gasteiger partial charge on any atom is 0.252 e. The largest absolute Gasteiger partial charge is 0.493 e. The number of aromatic nitrogens is 1. The molecule has 0 atom stereocenters. The van der Waals surface area contributed by atoms with Gasteiger partial charge in [0.1, 0.15) is 0 Å². The number of benzene rings is 2. The lowest BCUT2D eigenvalue weighted by atomic mass is 10.1. The van der Waals surface area contributed by atoms with Gasteiger partial charge in [-0.2, -0.15) is 0 Å². The summed E-state index contributed by atoms with van der Waals surface area (Å²) in [5.41, 5.74) is 7.86. The average molecular weight is 434 g/mol. The first-order valence-corrected chi connectivity index (χ1v) is 10.7. The first-order chi connectivity index (χ1) is 15.5. The molecule has 4 rings (SSSR count). The zero-order valence-corrected chi connectivity index (χ0v) is 18.0. The molecule has 0 bridgehead atoms. The number of carbonyl (C=O) groups is 1. The summed E-state index contributed by atoms with van der Waals surface area (Å²) < 4.78 is 11.8. The topological polar surface area (TPSA) is 97.6 Å². The van der Waals surface area contributed by atoms with E-state index in [2.05, 4.69) is 4.98 Å². The predicted octanol–water partition coefficient (Wildman–Crippen LogP) is 4.14. The number of nitrogens with two attached hydrogens (primary N) is 1. The Morgan fingerprint density at radius 2 is 1.84 bits per heavy atom. The molecule has 7 nitrogen and oxygen atoms in total. The van der Waals surface area contributed by atoms with E-state index in [1.165, 1.54) is 0 Å². The number of hydrogen-bond donors (Lipinski definition) is 2. The number of amides is 1. The zero-order chi connectivity index (χ0) is 22.5. The molecular formula is C25H27N3O4. The van der Waals surface area contributed by atoms with Crippen LogP contribution in [0, 0.1) is 0 Å². The van der Waals surface area contributed by atoms with Gasteiger partial charge in [-0.3, -0.25) is 9.59 Å². The van der Waals surface area contributed by atoms with Crippen LogP contribution in [0.5, 0.6) is 11.5 Å². The molecule has 1 amide bonds.